The van der Waals surface area contributed by atoms with E-state index in [-0.39, 0.29) is 30.5 Å². The molecule has 2 fully saturated rings. The second-order valence-corrected chi connectivity index (χ2v) is 8.02. The maximum absolute atomic E-state index is 14.3. The summed E-state index contributed by atoms with van der Waals surface area (Å²) in [6.07, 6.45) is 7.35. The van der Waals surface area contributed by atoms with Gasteiger partial charge < -0.3 is 4.90 Å². The van der Waals surface area contributed by atoms with Crippen LogP contribution in [0.15, 0.2) is 12.1 Å². The fourth-order valence-corrected chi connectivity index (χ4v) is 4.76. The summed E-state index contributed by atoms with van der Waals surface area (Å²) >= 11 is 0. The summed E-state index contributed by atoms with van der Waals surface area (Å²) in [5.74, 6) is -1.81. The Labute approximate surface area is 158 Å². The summed E-state index contributed by atoms with van der Waals surface area (Å²) in [5.41, 5.74) is 2.96. The predicted octanol–water partition coefficient (Wildman–Crippen LogP) is 3.16. The van der Waals surface area contributed by atoms with Crippen LogP contribution in [0, 0.1) is 11.7 Å². The molecule has 2 aliphatic heterocycles. The Morgan fingerprint density at radius 1 is 1.04 bits per heavy atom. The first-order chi connectivity index (χ1) is 13.0. The van der Waals surface area contributed by atoms with E-state index < -0.39 is 11.8 Å². The largest absolute Gasteiger partial charge is 0.333 e. The van der Waals surface area contributed by atoms with E-state index in [1.54, 1.807) is 11.0 Å². The van der Waals surface area contributed by atoms with Crippen molar-refractivity contribution >= 4 is 17.7 Å². The van der Waals surface area contributed by atoms with Crippen LogP contribution in [-0.2, 0) is 27.5 Å². The van der Waals surface area contributed by atoms with Crippen LogP contribution in [0.1, 0.15) is 74.0 Å². The zero-order valence-electron chi connectivity index (χ0n) is 15.4. The van der Waals surface area contributed by atoms with Crippen molar-refractivity contribution in [2.75, 3.05) is 0 Å². The summed E-state index contributed by atoms with van der Waals surface area (Å²) < 4.78 is 14.3. The van der Waals surface area contributed by atoms with Gasteiger partial charge in [0.25, 0.3) is 0 Å². The van der Waals surface area contributed by atoms with Gasteiger partial charge in [-0.25, -0.2) is 4.39 Å². The Morgan fingerprint density at radius 2 is 1.78 bits per heavy atom. The Balaban J connectivity index is 1.56. The van der Waals surface area contributed by atoms with Gasteiger partial charge in [-0.3, -0.25) is 19.7 Å². The minimum atomic E-state index is -0.816. The lowest BCUT2D eigenvalue weighted by Gasteiger charge is -2.25. The van der Waals surface area contributed by atoms with Crippen molar-refractivity contribution < 1.29 is 18.8 Å². The number of amides is 3. The molecule has 5 nitrogen and oxygen atoms in total. The van der Waals surface area contributed by atoms with E-state index in [9.17, 15) is 18.8 Å². The molecule has 0 bridgehead atoms. The van der Waals surface area contributed by atoms with Crippen molar-refractivity contribution in [3.63, 3.8) is 0 Å². The number of carbonyl (C=O) groups is 3. The molecular formula is C21H25FN2O3. The molecule has 2 heterocycles. The number of halogens is 1. The van der Waals surface area contributed by atoms with Crippen LogP contribution in [0.25, 0.3) is 0 Å². The number of carbonyl (C=O) groups excluding carboxylic acids is 3. The third kappa shape index (κ3) is 3.62. The second kappa shape index (κ2) is 7.41. The molecule has 1 N–H and O–H groups in total. The average Bonchev–Trinajstić information content (AvgIpc) is 2.86. The van der Waals surface area contributed by atoms with E-state index >= 15 is 0 Å². The molecule has 6 heteroatoms. The van der Waals surface area contributed by atoms with E-state index in [0.717, 1.165) is 42.4 Å². The number of hydrogen-bond donors (Lipinski definition) is 1. The third-order valence-corrected chi connectivity index (χ3v) is 6.20. The number of nitrogens with one attached hydrogen (secondary N) is 1. The van der Waals surface area contributed by atoms with Crippen LogP contribution in [0.5, 0.6) is 0 Å². The number of rotatable bonds is 2. The van der Waals surface area contributed by atoms with Gasteiger partial charge in [-0.15, -0.1) is 0 Å². The van der Waals surface area contributed by atoms with Crippen molar-refractivity contribution in [1.82, 2.24) is 10.2 Å². The number of hydrogen-bond acceptors (Lipinski definition) is 3. The molecule has 1 saturated carbocycles. The van der Waals surface area contributed by atoms with Crippen LogP contribution >= 0.6 is 0 Å². The molecule has 27 heavy (non-hydrogen) atoms. The van der Waals surface area contributed by atoms with Gasteiger partial charge in [0.2, 0.25) is 17.7 Å². The Morgan fingerprint density at radius 3 is 2.48 bits per heavy atom. The molecule has 1 atom stereocenters. The van der Waals surface area contributed by atoms with Crippen LogP contribution in [0.2, 0.25) is 0 Å². The number of nitrogens with zero attached hydrogens (tertiary/aromatic N) is 1. The Hall–Kier alpha value is -2.24. The first-order valence-electron chi connectivity index (χ1n) is 9.96. The van der Waals surface area contributed by atoms with Gasteiger partial charge in [0.15, 0.2) is 0 Å². The van der Waals surface area contributed by atoms with Gasteiger partial charge in [0, 0.05) is 19.5 Å². The van der Waals surface area contributed by atoms with Gasteiger partial charge in [-0.2, -0.15) is 0 Å². The van der Waals surface area contributed by atoms with Crippen molar-refractivity contribution in [3.05, 3.63) is 34.6 Å². The fourth-order valence-electron chi connectivity index (χ4n) is 4.76. The maximum Gasteiger partial charge on any atom is 0.239 e. The molecule has 4 rings (SSSR count). The van der Waals surface area contributed by atoms with Crippen LogP contribution in [0.4, 0.5) is 4.39 Å². The summed E-state index contributed by atoms with van der Waals surface area (Å²) in [5, 5.41) is 2.25. The van der Waals surface area contributed by atoms with Gasteiger partial charge in [0.05, 0.1) is 0 Å². The Bertz CT molecular complexity index is 784. The molecular weight excluding hydrogens is 347 g/mol. The van der Waals surface area contributed by atoms with E-state index in [1.165, 1.54) is 18.9 Å². The van der Waals surface area contributed by atoms with E-state index in [0.29, 0.717) is 19.0 Å². The first-order valence-corrected chi connectivity index (χ1v) is 9.96. The van der Waals surface area contributed by atoms with E-state index in [2.05, 4.69) is 5.32 Å². The molecule has 3 amide bonds. The van der Waals surface area contributed by atoms with Crippen LogP contribution in [-0.4, -0.2) is 22.6 Å². The minimum Gasteiger partial charge on any atom is -0.333 e. The minimum absolute atomic E-state index is 0.185. The molecule has 0 spiro atoms. The van der Waals surface area contributed by atoms with Crippen molar-refractivity contribution in [2.45, 2.75) is 70.4 Å². The number of benzene rings is 1. The molecule has 3 aliphatic rings. The van der Waals surface area contributed by atoms with Crippen molar-refractivity contribution in [2.24, 2.45) is 5.92 Å². The van der Waals surface area contributed by atoms with Crippen molar-refractivity contribution in [1.29, 1.82) is 0 Å². The molecule has 1 aromatic carbocycles. The van der Waals surface area contributed by atoms with Gasteiger partial charge in [-0.1, -0.05) is 25.7 Å². The highest BCUT2D eigenvalue weighted by Gasteiger charge is 2.38. The topological polar surface area (TPSA) is 66.5 Å². The molecule has 144 valence electrons. The lowest BCUT2D eigenvalue weighted by atomic mass is 9.87. The number of fused-ring (bicyclic) bond motifs is 1. The lowest BCUT2D eigenvalue weighted by Crippen LogP contribution is -2.47. The smallest absolute Gasteiger partial charge is 0.239 e. The Kier molecular flexibility index (Phi) is 4.98. The zero-order chi connectivity index (χ0) is 19.0. The molecule has 0 aromatic heterocycles. The van der Waals surface area contributed by atoms with Crippen LogP contribution < -0.4 is 5.32 Å². The van der Waals surface area contributed by atoms with Gasteiger partial charge in [-0.05, 0) is 54.0 Å². The summed E-state index contributed by atoms with van der Waals surface area (Å²) in [4.78, 5) is 37.9. The first kappa shape index (κ1) is 18.1. The highest BCUT2D eigenvalue weighted by atomic mass is 19.1. The highest BCUT2D eigenvalue weighted by molar-refractivity contribution is 6.08. The summed E-state index contributed by atoms with van der Waals surface area (Å²) in [7, 11) is 0. The summed E-state index contributed by atoms with van der Waals surface area (Å²) in [6.45, 7) is 0.765. The molecule has 1 unspecified atom stereocenters. The normalized spacial score (nSPS) is 23.7. The number of imide groups is 1. The lowest BCUT2D eigenvalue weighted by molar-refractivity contribution is -0.146. The van der Waals surface area contributed by atoms with Gasteiger partial charge >= 0.3 is 0 Å². The average molecular weight is 372 g/mol. The van der Waals surface area contributed by atoms with E-state index in [4.69, 9.17) is 0 Å². The molecule has 1 aromatic rings. The molecule has 0 radical (unpaired) electrons. The highest BCUT2D eigenvalue weighted by Crippen LogP contribution is 2.38. The van der Waals surface area contributed by atoms with E-state index in [1.807, 2.05) is 0 Å². The maximum atomic E-state index is 14.3. The monoisotopic (exact) mass is 372 g/mol. The fraction of sp³-hybridized carbons (Fsp3) is 0.571. The number of piperidine rings is 1. The van der Waals surface area contributed by atoms with Crippen molar-refractivity contribution in [3.8, 4) is 0 Å². The van der Waals surface area contributed by atoms with Gasteiger partial charge in [0.1, 0.15) is 11.7 Å². The molecule has 1 saturated heterocycles. The molecule has 1 aliphatic carbocycles. The predicted molar refractivity (Wildman–Crippen MR) is 97.0 cm³/mol. The third-order valence-electron chi connectivity index (χ3n) is 6.20. The SMILES string of the molecule is O=C1CCC(C(=O)N2Cc3cc(F)cc(C4CCCCCC4)c3C2)C(=O)N1. The standard InChI is InChI=1S/C21H25FN2O3/c22-15-9-14-11-24(21(27)16-7-8-19(25)23-20(16)26)12-18(14)17(10-15)13-5-3-1-2-4-6-13/h9-10,13,16H,1-8,11-12H2,(H,23,25,26). The second-order valence-electron chi connectivity index (χ2n) is 8.02. The summed E-state index contributed by atoms with van der Waals surface area (Å²) in [6, 6.07) is 3.17. The quantitative estimate of drug-likeness (QED) is 0.493. The zero-order valence-corrected chi connectivity index (χ0v) is 15.4. The van der Waals surface area contributed by atoms with Crippen LogP contribution in [0.3, 0.4) is 0 Å².